The van der Waals surface area contributed by atoms with Crippen LogP contribution in [0, 0.1) is 12.0 Å². The number of carboxylic acids is 1. The van der Waals surface area contributed by atoms with Crippen molar-refractivity contribution in [1.82, 2.24) is 14.9 Å². The summed E-state index contributed by atoms with van der Waals surface area (Å²) in [5, 5.41) is 21.8. The maximum absolute atomic E-state index is 12.3. The molecular weight excluding hydrogens is 386 g/mol. The third-order valence-corrected chi connectivity index (χ3v) is 4.14. The van der Waals surface area contributed by atoms with Crippen LogP contribution < -0.4 is 10.9 Å². The van der Waals surface area contributed by atoms with Gasteiger partial charge < -0.3 is 15.5 Å². The van der Waals surface area contributed by atoms with Crippen molar-refractivity contribution < 1.29 is 19.8 Å². The van der Waals surface area contributed by atoms with Crippen molar-refractivity contribution in [1.29, 1.82) is 0 Å². The van der Waals surface area contributed by atoms with Crippen LogP contribution in [-0.2, 0) is 13.0 Å². The SMILES string of the molecule is O=C(O)c1ccc(CC#Cn2c(O)c(C(=O)NCc3ccccc3)ncc2=O)cc1. The summed E-state index contributed by atoms with van der Waals surface area (Å²) in [4.78, 5) is 38.9. The topological polar surface area (TPSA) is 122 Å². The maximum Gasteiger partial charge on any atom is 0.335 e. The summed E-state index contributed by atoms with van der Waals surface area (Å²) in [5.41, 5.74) is 0.759. The number of hydrogen-bond donors (Lipinski definition) is 3. The molecule has 8 heteroatoms. The Labute approximate surface area is 171 Å². The Morgan fingerprint density at radius 1 is 1.03 bits per heavy atom. The summed E-state index contributed by atoms with van der Waals surface area (Å²) in [6, 6.07) is 17.8. The van der Waals surface area contributed by atoms with Crippen LogP contribution in [0.4, 0.5) is 0 Å². The molecule has 0 saturated carbocycles. The van der Waals surface area contributed by atoms with E-state index in [1.807, 2.05) is 30.3 Å². The molecule has 0 bridgehead atoms. The molecule has 1 aromatic heterocycles. The van der Waals surface area contributed by atoms with Crippen LogP contribution in [0.2, 0.25) is 0 Å². The van der Waals surface area contributed by atoms with Gasteiger partial charge in [0.1, 0.15) is 0 Å². The van der Waals surface area contributed by atoms with Gasteiger partial charge in [0.2, 0.25) is 5.88 Å². The molecule has 150 valence electrons. The molecule has 30 heavy (non-hydrogen) atoms. The number of aromatic hydroxyl groups is 1. The molecule has 0 radical (unpaired) electrons. The van der Waals surface area contributed by atoms with Crippen LogP contribution in [-0.4, -0.2) is 31.6 Å². The molecule has 0 aliphatic rings. The van der Waals surface area contributed by atoms with Crippen molar-refractivity contribution in [3.63, 3.8) is 0 Å². The molecule has 3 aromatic rings. The Hall–Kier alpha value is -4.38. The van der Waals surface area contributed by atoms with E-state index in [4.69, 9.17) is 5.11 Å². The van der Waals surface area contributed by atoms with Gasteiger partial charge in [-0.25, -0.2) is 9.78 Å². The number of carboxylic acid groups (broad SMARTS) is 1. The van der Waals surface area contributed by atoms with Gasteiger partial charge in [-0.3, -0.25) is 9.59 Å². The van der Waals surface area contributed by atoms with Crippen molar-refractivity contribution in [3.05, 3.63) is 93.5 Å². The van der Waals surface area contributed by atoms with E-state index in [0.717, 1.165) is 21.9 Å². The van der Waals surface area contributed by atoms with Crippen LogP contribution in [0.15, 0.2) is 65.6 Å². The van der Waals surface area contributed by atoms with Crippen LogP contribution in [0.5, 0.6) is 5.88 Å². The van der Waals surface area contributed by atoms with Crippen molar-refractivity contribution >= 4 is 11.9 Å². The minimum absolute atomic E-state index is 0.154. The Kier molecular flexibility index (Phi) is 6.25. The number of nitrogens with one attached hydrogen (secondary N) is 1. The van der Waals surface area contributed by atoms with Gasteiger partial charge in [0.05, 0.1) is 11.8 Å². The molecule has 0 saturated heterocycles. The van der Waals surface area contributed by atoms with Crippen LogP contribution >= 0.6 is 0 Å². The van der Waals surface area contributed by atoms with Gasteiger partial charge in [0.25, 0.3) is 11.5 Å². The van der Waals surface area contributed by atoms with E-state index in [2.05, 4.69) is 22.3 Å². The summed E-state index contributed by atoms with van der Waals surface area (Å²) in [6.07, 6.45) is 1.12. The fourth-order valence-electron chi connectivity index (χ4n) is 2.56. The number of hydrogen-bond acceptors (Lipinski definition) is 5. The summed E-state index contributed by atoms with van der Waals surface area (Å²) >= 11 is 0. The molecule has 0 atom stereocenters. The molecule has 0 aliphatic carbocycles. The Morgan fingerprint density at radius 2 is 1.73 bits per heavy atom. The first kappa shape index (κ1) is 20.4. The first-order valence-corrected chi connectivity index (χ1v) is 8.90. The maximum atomic E-state index is 12.3. The highest BCUT2D eigenvalue weighted by Gasteiger charge is 2.17. The molecular formula is C22H17N3O5. The normalized spacial score (nSPS) is 10.0. The smallest absolute Gasteiger partial charge is 0.335 e. The molecule has 0 aliphatic heterocycles. The Morgan fingerprint density at radius 3 is 2.40 bits per heavy atom. The minimum Gasteiger partial charge on any atom is -0.492 e. The Balaban J connectivity index is 1.74. The van der Waals surface area contributed by atoms with Crippen LogP contribution in [0.25, 0.3) is 0 Å². The monoisotopic (exact) mass is 403 g/mol. The number of rotatable bonds is 5. The molecule has 1 amide bonds. The fourth-order valence-corrected chi connectivity index (χ4v) is 2.56. The van der Waals surface area contributed by atoms with Gasteiger partial charge in [-0.05, 0) is 23.3 Å². The fraction of sp³-hybridized carbons (Fsp3) is 0.0909. The summed E-state index contributed by atoms with van der Waals surface area (Å²) in [7, 11) is 0. The molecule has 0 spiro atoms. The third-order valence-electron chi connectivity index (χ3n) is 4.14. The summed E-state index contributed by atoms with van der Waals surface area (Å²) in [6.45, 7) is 0.234. The van der Waals surface area contributed by atoms with E-state index >= 15 is 0 Å². The standard InChI is InChI=1S/C22H17N3O5/c26-18-14-23-19(20(27)24-13-16-5-2-1-3-6-16)21(28)25(18)12-4-7-15-8-10-17(11-9-15)22(29)30/h1-3,5-6,8-11,14,28H,7,13H2,(H,24,27)(H,29,30). The number of aromatic carboxylic acids is 1. The molecule has 0 fully saturated rings. The van der Waals surface area contributed by atoms with Gasteiger partial charge >= 0.3 is 5.97 Å². The lowest BCUT2D eigenvalue weighted by molar-refractivity contribution is 0.0696. The van der Waals surface area contributed by atoms with Gasteiger partial charge in [-0.1, -0.05) is 48.4 Å². The van der Waals surface area contributed by atoms with E-state index in [-0.39, 0.29) is 24.2 Å². The second kappa shape index (κ2) is 9.21. The lowest BCUT2D eigenvalue weighted by atomic mass is 10.1. The molecule has 8 nitrogen and oxygen atoms in total. The van der Waals surface area contributed by atoms with Gasteiger partial charge in [0.15, 0.2) is 5.69 Å². The zero-order valence-corrected chi connectivity index (χ0v) is 15.7. The zero-order chi connectivity index (χ0) is 21.5. The predicted molar refractivity (Wildman–Crippen MR) is 108 cm³/mol. The van der Waals surface area contributed by atoms with Crippen LogP contribution in [0.1, 0.15) is 32.0 Å². The number of carbonyl (C=O) groups is 2. The van der Waals surface area contributed by atoms with Gasteiger partial charge in [-0.2, -0.15) is 4.57 Å². The number of benzene rings is 2. The number of aromatic nitrogens is 2. The minimum atomic E-state index is -1.03. The van der Waals surface area contributed by atoms with E-state index in [1.54, 1.807) is 12.1 Å². The van der Waals surface area contributed by atoms with Crippen molar-refractivity contribution in [2.24, 2.45) is 0 Å². The predicted octanol–water partition coefficient (Wildman–Crippen LogP) is 1.63. The van der Waals surface area contributed by atoms with Crippen LogP contribution in [0.3, 0.4) is 0 Å². The van der Waals surface area contributed by atoms with E-state index < -0.39 is 23.3 Å². The average Bonchev–Trinajstić information content (AvgIpc) is 2.75. The molecule has 0 unspecified atom stereocenters. The quantitative estimate of drug-likeness (QED) is 0.557. The van der Waals surface area contributed by atoms with Crippen molar-refractivity contribution in [2.75, 3.05) is 0 Å². The highest BCUT2D eigenvalue weighted by molar-refractivity contribution is 5.94. The number of carbonyl (C=O) groups excluding carboxylic acids is 1. The first-order chi connectivity index (χ1) is 14.5. The average molecular weight is 403 g/mol. The second-order valence-electron chi connectivity index (χ2n) is 6.24. The number of amides is 1. The van der Waals surface area contributed by atoms with Gasteiger partial charge in [-0.15, -0.1) is 0 Å². The highest BCUT2D eigenvalue weighted by atomic mass is 16.4. The van der Waals surface area contributed by atoms with E-state index in [0.29, 0.717) is 0 Å². The zero-order valence-electron chi connectivity index (χ0n) is 15.7. The highest BCUT2D eigenvalue weighted by Crippen LogP contribution is 2.11. The summed E-state index contributed by atoms with van der Waals surface area (Å²) < 4.78 is 0.746. The van der Waals surface area contributed by atoms with E-state index in [9.17, 15) is 19.5 Å². The lowest BCUT2D eigenvalue weighted by Gasteiger charge is -2.07. The second-order valence-corrected chi connectivity index (χ2v) is 6.24. The molecule has 1 heterocycles. The van der Waals surface area contributed by atoms with Crippen molar-refractivity contribution in [3.8, 4) is 17.8 Å². The Bertz CT molecular complexity index is 1190. The molecule has 3 rings (SSSR count). The first-order valence-electron chi connectivity index (χ1n) is 8.90. The number of nitrogens with zero attached hydrogens (tertiary/aromatic N) is 2. The molecule has 3 N–H and O–H groups in total. The summed E-state index contributed by atoms with van der Waals surface area (Å²) in [5.74, 6) is 0.396. The third kappa shape index (κ3) is 4.91. The largest absolute Gasteiger partial charge is 0.492 e. The van der Waals surface area contributed by atoms with Crippen molar-refractivity contribution in [2.45, 2.75) is 13.0 Å². The van der Waals surface area contributed by atoms with E-state index in [1.165, 1.54) is 12.1 Å². The van der Waals surface area contributed by atoms with Gasteiger partial charge in [0, 0.05) is 19.0 Å². The lowest BCUT2D eigenvalue weighted by Crippen LogP contribution is -2.27. The molecule has 2 aromatic carbocycles.